The minimum Gasteiger partial charge on any atom is -0.463 e. The molecule has 0 spiro atoms. The van der Waals surface area contributed by atoms with E-state index in [9.17, 15) is 4.79 Å². The Balaban J connectivity index is 0.000000187. The molecule has 1 aromatic carbocycles. The quantitative estimate of drug-likeness (QED) is 0.714. The molecule has 0 amide bonds. The monoisotopic (exact) mass is 208 g/mol. The van der Waals surface area contributed by atoms with Gasteiger partial charge < -0.3 is 9.47 Å². The van der Waals surface area contributed by atoms with E-state index in [-0.39, 0.29) is 0 Å². The molecular formula is C12H16O3. The first-order chi connectivity index (χ1) is 7.43. The molecule has 0 bridgehead atoms. The summed E-state index contributed by atoms with van der Waals surface area (Å²) in [5, 5.41) is 0. The van der Waals surface area contributed by atoms with Crippen molar-refractivity contribution in [3.05, 3.63) is 35.9 Å². The predicted molar refractivity (Wildman–Crippen MR) is 57.3 cm³/mol. The van der Waals surface area contributed by atoms with Crippen LogP contribution in [0.1, 0.15) is 18.4 Å². The third-order valence-corrected chi connectivity index (χ3v) is 1.99. The van der Waals surface area contributed by atoms with Crippen molar-refractivity contribution < 1.29 is 14.3 Å². The fourth-order valence-electron chi connectivity index (χ4n) is 1.21. The van der Waals surface area contributed by atoms with Gasteiger partial charge >= 0.3 is 0 Å². The summed E-state index contributed by atoms with van der Waals surface area (Å²) in [5.41, 5.74) is 1.01. The molecule has 15 heavy (non-hydrogen) atoms. The van der Waals surface area contributed by atoms with Crippen LogP contribution in [0.3, 0.4) is 0 Å². The molecule has 1 heterocycles. The van der Waals surface area contributed by atoms with E-state index < -0.39 is 0 Å². The Morgan fingerprint density at radius 1 is 1.20 bits per heavy atom. The maximum Gasteiger partial charge on any atom is 0.293 e. The van der Waals surface area contributed by atoms with E-state index in [1.165, 1.54) is 12.8 Å². The maximum absolute atomic E-state index is 9.76. The zero-order chi connectivity index (χ0) is 10.8. The highest BCUT2D eigenvalue weighted by Crippen LogP contribution is 1.98. The van der Waals surface area contributed by atoms with E-state index >= 15 is 0 Å². The number of carbonyl (C=O) groups excluding carboxylic acids is 1. The second-order valence-electron chi connectivity index (χ2n) is 3.21. The summed E-state index contributed by atoms with van der Waals surface area (Å²) in [5.74, 6) is 0. The summed E-state index contributed by atoms with van der Waals surface area (Å²) in [6, 6.07) is 9.55. The summed E-state index contributed by atoms with van der Waals surface area (Å²) < 4.78 is 9.48. The largest absolute Gasteiger partial charge is 0.463 e. The van der Waals surface area contributed by atoms with Gasteiger partial charge in [-0.15, -0.1) is 0 Å². The molecule has 0 aliphatic carbocycles. The van der Waals surface area contributed by atoms with Gasteiger partial charge in [0.25, 0.3) is 6.47 Å². The molecule has 1 aliphatic heterocycles. The molecule has 0 N–H and O–H groups in total. The van der Waals surface area contributed by atoms with Gasteiger partial charge in [-0.25, -0.2) is 0 Å². The van der Waals surface area contributed by atoms with E-state index in [1.54, 1.807) is 0 Å². The van der Waals surface area contributed by atoms with Crippen LogP contribution in [0.25, 0.3) is 0 Å². The van der Waals surface area contributed by atoms with Crippen LogP contribution in [-0.2, 0) is 20.9 Å². The molecule has 0 unspecified atom stereocenters. The minimum atomic E-state index is 0.365. The van der Waals surface area contributed by atoms with Crippen molar-refractivity contribution in [1.82, 2.24) is 0 Å². The Hall–Kier alpha value is -1.35. The fourth-order valence-corrected chi connectivity index (χ4v) is 1.21. The van der Waals surface area contributed by atoms with Gasteiger partial charge in [-0.1, -0.05) is 30.3 Å². The SMILES string of the molecule is C1CCOC1.O=COCc1ccccc1. The summed E-state index contributed by atoms with van der Waals surface area (Å²) >= 11 is 0. The van der Waals surface area contributed by atoms with Crippen LogP contribution in [0.4, 0.5) is 0 Å². The normalized spacial score (nSPS) is 13.9. The van der Waals surface area contributed by atoms with E-state index in [0.29, 0.717) is 13.1 Å². The highest BCUT2D eigenvalue weighted by molar-refractivity contribution is 5.37. The number of ether oxygens (including phenoxy) is 2. The van der Waals surface area contributed by atoms with Gasteiger partial charge in [-0.3, -0.25) is 4.79 Å². The first-order valence-corrected chi connectivity index (χ1v) is 5.10. The maximum atomic E-state index is 9.76. The van der Waals surface area contributed by atoms with Crippen LogP contribution in [0.15, 0.2) is 30.3 Å². The molecular weight excluding hydrogens is 192 g/mol. The van der Waals surface area contributed by atoms with Gasteiger partial charge in [-0.2, -0.15) is 0 Å². The van der Waals surface area contributed by atoms with Crippen molar-refractivity contribution in [2.45, 2.75) is 19.4 Å². The van der Waals surface area contributed by atoms with Gasteiger partial charge in [0, 0.05) is 13.2 Å². The summed E-state index contributed by atoms with van der Waals surface area (Å²) in [6.07, 6.45) is 2.56. The molecule has 2 rings (SSSR count). The van der Waals surface area contributed by atoms with Crippen LogP contribution in [0.2, 0.25) is 0 Å². The molecule has 0 saturated carbocycles. The number of hydrogen-bond acceptors (Lipinski definition) is 3. The van der Waals surface area contributed by atoms with Crippen LogP contribution >= 0.6 is 0 Å². The van der Waals surface area contributed by atoms with E-state index in [1.807, 2.05) is 30.3 Å². The fraction of sp³-hybridized carbons (Fsp3) is 0.417. The standard InChI is InChI=1S/C8H8O2.C4H8O/c9-7-10-6-8-4-2-1-3-5-8;1-2-4-5-3-1/h1-5,7H,6H2;1-4H2. The number of rotatable bonds is 3. The molecule has 3 nitrogen and oxygen atoms in total. The van der Waals surface area contributed by atoms with Gasteiger partial charge in [-0.05, 0) is 18.4 Å². The molecule has 0 radical (unpaired) electrons. The van der Waals surface area contributed by atoms with Crippen LogP contribution < -0.4 is 0 Å². The average molecular weight is 208 g/mol. The second-order valence-corrected chi connectivity index (χ2v) is 3.21. The Kier molecular flexibility index (Phi) is 6.25. The Morgan fingerprint density at radius 2 is 1.87 bits per heavy atom. The topological polar surface area (TPSA) is 35.5 Å². The van der Waals surface area contributed by atoms with E-state index in [4.69, 9.17) is 4.74 Å². The number of hydrogen-bond donors (Lipinski definition) is 0. The first-order valence-electron chi connectivity index (χ1n) is 5.10. The highest BCUT2D eigenvalue weighted by atomic mass is 16.5. The van der Waals surface area contributed by atoms with Crippen LogP contribution in [0, 0.1) is 0 Å². The molecule has 1 saturated heterocycles. The summed E-state index contributed by atoms with van der Waals surface area (Å²) in [7, 11) is 0. The third-order valence-electron chi connectivity index (χ3n) is 1.99. The highest BCUT2D eigenvalue weighted by Gasteiger charge is 1.94. The van der Waals surface area contributed by atoms with Crippen molar-refractivity contribution in [3.8, 4) is 0 Å². The lowest BCUT2D eigenvalue weighted by Crippen LogP contribution is -1.88. The zero-order valence-electron chi connectivity index (χ0n) is 8.72. The van der Waals surface area contributed by atoms with Crippen LogP contribution in [0.5, 0.6) is 0 Å². The lowest BCUT2D eigenvalue weighted by Gasteiger charge is -1.95. The lowest BCUT2D eigenvalue weighted by atomic mass is 10.2. The van der Waals surface area contributed by atoms with Crippen molar-refractivity contribution in [2.75, 3.05) is 13.2 Å². The van der Waals surface area contributed by atoms with Gasteiger partial charge in [0.05, 0.1) is 0 Å². The van der Waals surface area contributed by atoms with Gasteiger partial charge in [0.1, 0.15) is 6.61 Å². The molecule has 1 fully saturated rings. The van der Waals surface area contributed by atoms with Crippen molar-refractivity contribution in [1.29, 1.82) is 0 Å². The molecule has 1 aromatic rings. The van der Waals surface area contributed by atoms with Crippen LogP contribution in [-0.4, -0.2) is 19.7 Å². The Bertz CT molecular complexity index is 247. The Morgan fingerprint density at radius 3 is 2.33 bits per heavy atom. The zero-order valence-corrected chi connectivity index (χ0v) is 8.72. The van der Waals surface area contributed by atoms with E-state index in [0.717, 1.165) is 18.8 Å². The number of carbonyl (C=O) groups is 1. The molecule has 82 valence electrons. The molecule has 0 atom stereocenters. The average Bonchev–Trinajstić information content (AvgIpc) is 2.86. The van der Waals surface area contributed by atoms with Crippen molar-refractivity contribution >= 4 is 6.47 Å². The molecule has 0 aromatic heterocycles. The summed E-state index contributed by atoms with van der Waals surface area (Å²) in [4.78, 5) is 9.76. The van der Waals surface area contributed by atoms with Gasteiger partial charge in [0.15, 0.2) is 0 Å². The molecule has 1 aliphatic rings. The van der Waals surface area contributed by atoms with Crippen molar-refractivity contribution in [2.24, 2.45) is 0 Å². The first kappa shape index (κ1) is 11.7. The third kappa shape index (κ3) is 5.86. The van der Waals surface area contributed by atoms with Crippen molar-refractivity contribution in [3.63, 3.8) is 0 Å². The van der Waals surface area contributed by atoms with Gasteiger partial charge in [0.2, 0.25) is 0 Å². The Labute approximate surface area is 90.0 Å². The van der Waals surface area contributed by atoms with E-state index in [2.05, 4.69) is 4.74 Å². The number of benzene rings is 1. The minimum absolute atomic E-state index is 0.365. The second kappa shape index (κ2) is 8.00. The predicted octanol–water partition coefficient (Wildman–Crippen LogP) is 2.16. The molecule has 3 heteroatoms. The lowest BCUT2D eigenvalue weighted by molar-refractivity contribution is -0.129. The summed E-state index contributed by atoms with van der Waals surface area (Å²) in [6.45, 7) is 2.82. The smallest absolute Gasteiger partial charge is 0.293 e.